The van der Waals surface area contributed by atoms with Crippen molar-refractivity contribution in [2.75, 3.05) is 30.9 Å². The van der Waals surface area contributed by atoms with Gasteiger partial charge in [0.1, 0.15) is 0 Å². The van der Waals surface area contributed by atoms with E-state index in [0.29, 0.717) is 30.1 Å². The third-order valence-corrected chi connectivity index (χ3v) is 6.01. The van der Waals surface area contributed by atoms with Crippen LogP contribution in [0.15, 0.2) is 72.8 Å². The first-order chi connectivity index (χ1) is 15.4. The number of para-hydroxylation sites is 1. The number of rotatable bonds is 6. The van der Waals surface area contributed by atoms with Gasteiger partial charge < -0.3 is 15.1 Å². The molecule has 1 aliphatic heterocycles. The number of hydrogen-bond acceptors (Lipinski definition) is 3. The number of nitrogens with zero attached hydrogens (tertiary/aromatic N) is 2. The van der Waals surface area contributed by atoms with E-state index in [-0.39, 0.29) is 17.7 Å². The van der Waals surface area contributed by atoms with Crippen LogP contribution in [-0.4, -0.2) is 37.4 Å². The summed E-state index contributed by atoms with van der Waals surface area (Å²) in [7, 11) is 3.49. The summed E-state index contributed by atoms with van der Waals surface area (Å²) in [5, 5.41) is 4.00. The monoisotopic (exact) mass is 447 g/mol. The highest BCUT2D eigenvalue weighted by Crippen LogP contribution is 2.41. The molecule has 0 saturated carbocycles. The van der Waals surface area contributed by atoms with Gasteiger partial charge in [0.2, 0.25) is 5.91 Å². The van der Waals surface area contributed by atoms with Crippen molar-refractivity contribution in [1.29, 1.82) is 0 Å². The van der Waals surface area contributed by atoms with Crippen molar-refractivity contribution in [1.82, 2.24) is 4.90 Å². The number of halogens is 1. The normalized spacial score (nSPS) is 14.7. The molecule has 6 heteroatoms. The molecular weight excluding hydrogens is 422 g/mol. The summed E-state index contributed by atoms with van der Waals surface area (Å²) in [5.74, 6) is -0.156. The Morgan fingerprint density at radius 2 is 1.75 bits per heavy atom. The minimum Gasteiger partial charge on any atom is -0.380 e. The van der Waals surface area contributed by atoms with Crippen molar-refractivity contribution in [3.05, 3.63) is 94.5 Å². The molecule has 1 N–H and O–H groups in total. The lowest BCUT2D eigenvalue weighted by Crippen LogP contribution is -2.31. The van der Waals surface area contributed by atoms with E-state index in [1.54, 1.807) is 30.0 Å². The highest BCUT2D eigenvalue weighted by molar-refractivity contribution is 6.30. The fraction of sp³-hybridized carbons (Fsp3) is 0.231. The van der Waals surface area contributed by atoms with Crippen LogP contribution in [-0.2, 0) is 11.3 Å². The lowest BCUT2D eigenvalue weighted by atomic mass is 9.97. The number of amides is 2. The zero-order valence-corrected chi connectivity index (χ0v) is 19.0. The Morgan fingerprint density at radius 1 is 1.03 bits per heavy atom. The van der Waals surface area contributed by atoms with Gasteiger partial charge in [-0.1, -0.05) is 54.1 Å². The van der Waals surface area contributed by atoms with Crippen LogP contribution >= 0.6 is 11.6 Å². The van der Waals surface area contributed by atoms with Gasteiger partial charge in [-0.05, 0) is 41.5 Å². The van der Waals surface area contributed by atoms with E-state index < -0.39 is 0 Å². The van der Waals surface area contributed by atoms with E-state index in [1.165, 1.54) is 0 Å². The maximum Gasteiger partial charge on any atom is 0.260 e. The number of nitrogens with one attached hydrogen (secondary N) is 1. The van der Waals surface area contributed by atoms with Gasteiger partial charge in [0.25, 0.3) is 5.91 Å². The molecule has 1 aliphatic rings. The van der Waals surface area contributed by atoms with Gasteiger partial charge in [-0.15, -0.1) is 0 Å². The average molecular weight is 448 g/mol. The first-order valence-electron chi connectivity index (χ1n) is 10.6. The Bertz CT molecular complexity index is 1130. The molecule has 3 aromatic rings. The molecule has 0 spiro atoms. The number of carbonyl (C=O) groups is 2. The van der Waals surface area contributed by atoms with E-state index in [1.807, 2.05) is 66.7 Å². The zero-order chi connectivity index (χ0) is 22.7. The van der Waals surface area contributed by atoms with Gasteiger partial charge >= 0.3 is 0 Å². The van der Waals surface area contributed by atoms with E-state index in [2.05, 4.69) is 5.32 Å². The van der Waals surface area contributed by atoms with Crippen molar-refractivity contribution >= 4 is 34.8 Å². The molecule has 5 nitrogen and oxygen atoms in total. The Morgan fingerprint density at radius 3 is 2.50 bits per heavy atom. The van der Waals surface area contributed by atoms with Crippen LogP contribution in [0.1, 0.15) is 33.8 Å². The van der Waals surface area contributed by atoms with Crippen LogP contribution in [0.4, 0.5) is 11.4 Å². The fourth-order valence-electron chi connectivity index (χ4n) is 4.04. The molecule has 164 valence electrons. The second-order valence-corrected chi connectivity index (χ2v) is 8.63. The second-order valence-electron chi connectivity index (χ2n) is 8.19. The Balaban J connectivity index is 1.60. The molecule has 0 aliphatic carbocycles. The fourth-order valence-corrected chi connectivity index (χ4v) is 4.22. The maximum absolute atomic E-state index is 13.6. The van der Waals surface area contributed by atoms with E-state index in [4.69, 9.17) is 11.6 Å². The molecule has 0 aromatic heterocycles. The van der Waals surface area contributed by atoms with Crippen LogP contribution in [0.25, 0.3) is 0 Å². The number of carbonyl (C=O) groups excluding carboxylic acids is 2. The smallest absolute Gasteiger partial charge is 0.260 e. The first kappa shape index (κ1) is 21.9. The molecule has 4 rings (SSSR count). The standard InChI is InChI=1S/C26H26ClN3O2/c1-29(2)25(31)14-19-17-30(24-13-12-20(27)15-22(19)24)26(32)21-10-6-7-11-23(21)28-16-18-8-4-3-5-9-18/h3-13,15,19,28H,14,16-17H2,1-2H3. The quantitative estimate of drug-likeness (QED) is 0.566. The van der Waals surface area contributed by atoms with Gasteiger partial charge in [-0.25, -0.2) is 0 Å². The van der Waals surface area contributed by atoms with Crippen LogP contribution in [0, 0.1) is 0 Å². The summed E-state index contributed by atoms with van der Waals surface area (Å²) in [6.07, 6.45) is 0.331. The molecule has 0 bridgehead atoms. The Kier molecular flexibility index (Phi) is 6.47. The predicted molar refractivity (Wildman–Crippen MR) is 129 cm³/mol. The molecular formula is C26H26ClN3O2. The molecule has 1 heterocycles. The molecule has 2 amide bonds. The van der Waals surface area contributed by atoms with Gasteiger partial charge in [-0.2, -0.15) is 0 Å². The van der Waals surface area contributed by atoms with Crippen molar-refractivity contribution in [3.63, 3.8) is 0 Å². The van der Waals surface area contributed by atoms with Crippen LogP contribution < -0.4 is 10.2 Å². The molecule has 3 aromatic carbocycles. The Hall–Kier alpha value is -3.31. The average Bonchev–Trinajstić information content (AvgIpc) is 3.15. The van der Waals surface area contributed by atoms with Crippen LogP contribution in [0.3, 0.4) is 0 Å². The third-order valence-electron chi connectivity index (χ3n) is 5.77. The van der Waals surface area contributed by atoms with Gasteiger partial charge in [0.15, 0.2) is 0 Å². The first-order valence-corrected chi connectivity index (χ1v) is 11.0. The number of hydrogen-bond donors (Lipinski definition) is 1. The van der Waals surface area contributed by atoms with Crippen molar-refractivity contribution in [2.45, 2.75) is 18.9 Å². The molecule has 1 atom stereocenters. The highest BCUT2D eigenvalue weighted by Gasteiger charge is 2.35. The molecule has 0 fully saturated rings. The summed E-state index contributed by atoms with van der Waals surface area (Å²) < 4.78 is 0. The van der Waals surface area contributed by atoms with Crippen LogP contribution in [0.5, 0.6) is 0 Å². The van der Waals surface area contributed by atoms with Crippen molar-refractivity contribution in [3.8, 4) is 0 Å². The number of benzene rings is 3. The SMILES string of the molecule is CN(C)C(=O)CC1CN(C(=O)c2ccccc2NCc2ccccc2)c2ccc(Cl)cc21. The van der Waals surface area contributed by atoms with Gasteiger partial charge in [0.05, 0.1) is 5.56 Å². The number of fused-ring (bicyclic) bond motifs is 1. The third kappa shape index (κ3) is 4.63. The summed E-state index contributed by atoms with van der Waals surface area (Å²) in [6, 6.07) is 23.1. The summed E-state index contributed by atoms with van der Waals surface area (Å²) in [6.45, 7) is 1.07. The minimum atomic E-state index is -0.0930. The molecule has 0 saturated heterocycles. The Labute approximate surface area is 193 Å². The van der Waals surface area contributed by atoms with Crippen molar-refractivity contribution < 1.29 is 9.59 Å². The largest absolute Gasteiger partial charge is 0.380 e. The van der Waals surface area contributed by atoms with E-state index in [9.17, 15) is 9.59 Å². The maximum atomic E-state index is 13.6. The minimum absolute atomic E-state index is 0.0279. The second kappa shape index (κ2) is 9.45. The van der Waals surface area contributed by atoms with E-state index in [0.717, 1.165) is 22.5 Å². The molecule has 0 radical (unpaired) electrons. The number of anilines is 2. The van der Waals surface area contributed by atoms with E-state index >= 15 is 0 Å². The molecule has 1 unspecified atom stereocenters. The van der Waals surface area contributed by atoms with Crippen molar-refractivity contribution in [2.24, 2.45) is 0 Å². The van der Waals surface area contributed by atoms with Crippen LogP contribution in [0.2, 0.25) is 5.02 Å². The summed E-state index contributed by atoms with van der Waals surface area (Å²) >= 11 is 6.25. The van der Waals surface area contributed by atoms with Gasteiger partial charge in [0, 0.05) is 55.9 Å². The highest BCUT2D eigenvalue weighted by atomic mass is 35.5. The zero-order valence-electron chi connectivity index (χ0n) is 18.2. The topological polar surface area (TPSA) is 52.7 Å². The lowest BCUT2D eigenvalue weighted by Gasteiger charge is -2.21. The lowest BCUT2D eigenvalue weighted by molar-refractivity contribution is -0.129. The summed E-state index contributed by atoms with van der Waals surface area (Å²) in [4.78, 5) is 29.4. The molecule has 32 heavy (non-hydrogen) atoms. The summed E-state index contributed by atoms with van der Waals surface area (Å²) in [5.41, 5.74) is 4.27. The predicted octanol–water partition coefficient (Wildman–Crippen LogP) is 5.17. The van der Waals surface area contributed by atoms with Gasteiger partial charge in [-0.3, -0.25) is 9.59 Å².